The molecule has 2 N–H and O–H groups in total. The lowest BCUT2D eigenvalue weighted by Gasteiger charge is -2.14. The van der Waals surface area contributed by atoms with Gasteiger partial charge in [0.05, 0.1) is 11.4 Å². The van der Waals surface area contributed by atoms with Gasteiger partial charge in [-0.25, -0.2) is 4.79 Å². The van der Waals surface area contributed by atoms with Crippen LogP contribution in [0.1, 0.15) is 16.7 Å². The number of fused-ring (bicyclic) bond motifs is 1. The van der Waals surface area contributed by atoms with Gasteiger partial charge in [0.25, 0.3) is 5.91 Å². The van der Waals surface area contributed by atoms with Crippen molar-refractivity contribution in [2.75, 3.05) is 17.3 Å². The van der Waals surface area contributed by atoms with E-state index in [1.807, 2.05) is 61.7 Å². The molecule has 0 fully saturated rings. The maximum Gasteiger partial charge on any atom is 0.409 e. The van der Waals surface area contributed by atoms with Crippen LogP contribution in [0.15, 0.2) is 53.5 Å². The Balaban J connectivity index is 1.75. The molecule has 3 rings (SSSR count). The van der Waals surface area contributed by atoms with Crippen molar-refractivity contribution in [3.8, 4) is 0 Å². The molecule has 140 valence electrons. The van der Waals surface area contributed by atoms with E-state index in [0.29, 0.717) is 5.75 Å². The number of hydrogen-bond acceptors (Lipinski definition) is 5. The summed E-state index contributed by atoms with van der Waals surface area (Å²) < 4.78 is 5.21. The minimum Gasteiger partial charge on any atom is -0.445 e. The number of nitrogens with zero attached hydrogens (tertiary/aromatic N) is 1. The van der Waals surface area contributed by atoms with Gasteiger partial charge in [-0.1, -0.05) is 48.5 Å². The number of carbonyl (C=O) groups is 2. The number of aliphatic imine (C=N–C) groups is 1. The second kappa shape index (κ2) is 8.73. The van der Waals surface area contributed by atoms with Crippen molar-refractivity contribution in [1.29, 1.82) is 0 Å². The summed E-state index contributed by atoms with van der Waals surface area (Å²) in [6, 6.07) is 15.1. The van der Waals surface area contributed by atoms with Crippen molar-refractivity contribution < 1.29 is 14.3 Å². The van der Waals surface area contributed by atoms with Crippen molar-refractivity contribution in [3.63, 3.8) is 0 Å². The Morgan fingerprint density at radius 3 is 2.74 bits per heavy atom. The number of benzene rings is 2. The molecule has 0 saturated heterocycles. The van der Waals surface area contributed by atoms with Gasteiger partial charge in [-0.2, -0.15) is 11.8 Å². The molecule has 2 aromatic rings. The number of rotatable bonds is 5. The Hall–Kier alpha value is -2.80. The number of carbonyl (C=O) groups excluding carboxylic acids is 2. The number of alkyl carbamates (subject to hydrolysis) is 1. The normalized spacial score (nSPS) is 15.9. The van der Waals surface area contributed by atoms with Gasteiger partial charge in [0.1, 0.15) is 6.61 Å². The second-order valence-corrected chi connectivity index (χ2v) is 6.97. The SMILES string of the molecule is CSCC1=N[C@H](NC(=O)OCc2ccccc2)C(=O)Nc2c(C)cccc21. The third-order valence-corrected chi connectivity index (χ3v) is 4.68. The number of para-hydroxylation sites is 1. The van der Waals surface area contributed by atoms with Gasteiger partial charge in [0, 0.05) is 11.3 Å². The summed E-state index contributed by atoms with van der Waals surface area (Å²) in [7, 11) is 0. The van der Waals surface area contributed by atoms with Crippen LogP contribution in [0, 0.1) is 6.92 Å². The molecular weight excluding hydrogens is 362 g/mol. The number of hydrogen-bond donors (Lipinski definition) is 2. The maximum atomic E-state index is 12.6. The lowest BCUT2D eigenvalue weighted by molar-refractivity contribution is -0.117. The van der Waals surface area contributed by atoms with E-state index < -0.39 is 18.2 Å². The van der Waals surface area contributed by atoms with E-state index in [0.717, 1.165) is 28.1 Å². The van der Waals surface area contributed by atoms with Crippen LogP contribution in [-0.2, 0) is 16.1 Å². The summed E-state index contributed by atoms with van der Waals surface area (Å²) in [6.07, 6.45) is 0.241. The number of anilines is 1. The van der Waals surface area contributed by atoms with Gasteiger partial charge >= 0.3 is 6.09 Å². The zero-order valence-electron chi connectivity index (χ0n) is 15.2. The molecule has 0 spiro atoms. The van der Waals surface area contributed by atoms with Crippen molar-refractivity contribution in [2.45, 2.75) is 19.7 Å². The van der Waals surface area contributed by atoms with Crippen LogP contribution < -0.4 is 10.6 Å². The molecular formula is C20H21N3O3S. The molecule has 1 aliphatic heterocycles. The van der Waals surface area contributed by atoms with Crippen LogP contribution in [-0.4, -0.2) is 35.9 Å². The zero-order valence-corrected chi connectivity index (χ0v) is 16.0. The fourth-order valence-corrected chi connectivity index (χ4v) is 3.28. The number of nitrogens with one attached hydrogen (secondary N) is 2. The minimum absolute atomic E-state index is 0.127. The minimum atomic E-state index is -1.04. The molecule has 1 aliphatic rings. The molecule has 0 saturated carbocycles. The average Bonchev–Trinajstić information content (AvgIpc) is 2.80. The zero-order chi connectivity index (χ0) is 19.2. The predicted molar refractivity (Wildman–Crippen MR) is 108 cm³/mol. The molecule has 0 aliphatic carbocycles. The van der Waals surface area contributed by atoms with Crippen LogP contribution in [0.5, 0.6) is 0 Å². The monoisotopic (exact) mass is 383 g/mol. The van der Waals surface area contributed by atoms with Crippen LogP contribution in [0.25, 0.3) is 0 Å². The van der Waals surface area contributed by atoms with Crippen molar-refractivity contribution >= 4 is 35.2 Å². The van der Waals surface area contributed by atoms with Crippen LogP contribution >= 0.6 is 11.8 Å². The van der Waals surface area contributed by atoms with Gasteiger partial charge in [0.15, 0.2) is 0 Å². The molecule has 1 atom stereocenters. The third-order valence-electron chi connectivity index (χ3n) is 4.11. The van der Waals surface area contributed by atoms with Gasteiger partial charge in [-0.15, -0.1) is 0 Å². The second-order valence-electron chi connectivity index (χ2n) is 6.10. The molecule has 0 unspecified atom stereocenters. The van der Waals surface area contributed by atoms with Gasteiger partial charge in [0.2, 0.25) is 6.17 Å². The summed E-state index contributed by atoms with van der Waals surface area (Å²) in [4.78, 5) is 29.2. The highest BCUT2D eigenvalue weighted by molar-refractivity contribution is 7.99. The Kier molecular flexibility index (Phi) is 6.13. The van der Waals surface area contributed by atoms with Crippen molar-refractivity contribution in [1.82, 2.24) is 5.32 Å². The first-order valence-corrected chi connectivity index (χ1v) is 9.91. The molecule has 0 radical (unpaired) electrons. The number of aryl methyl sites for hydroxylation is 1. The van der Waals surface area contributed by atoms with Crippen LogP contribution in [0.3, 0.4) is 0 Å². The van der Waals surface area contributed by atoms with Crippen molar-refractivity contribution in [2.24, 2.45) is 4.99 Å². The molecule has 1 heterocycles. The summed E-state index contributed by atoms with van der Waals surface area (Å²) in [5.41, 5.74) is 4.18. The summed E-state index contributed by atoms with van der Waals surface area (Å²) in [6.45, 7) is 2.05. The van der Waals surface area contributed by atoms with E-state index in [4.69, 9.17) is 4.74 Å². The maximum absolute atomic E-state index is 12.6. The summed E-state index contributed by atoms with van der Waals surface area (Å²) in [5.74, 6) is 0.237. The Labute approximate surface area is 162 Å². The molecule has 7 heteroatoms. The molecule has 6 nitrogen and oxygen atoms in total. The third kappa shape index (κ3) is 4.68. The van der Waals surface area contributed by atoms with E-state index in [-0.39, 0.29) is 6.61 Å². The lowest BCUT2D eigenvalue weighted by Crippen LogP contribution is -2.42. The quantitative estimate of drug-likeness (QED) is 0.830. The molecule has 2 aromatic carbocycles. The van der Waals surface area contributed by atoms with Crippen LogP contribution in [0.4, 0.5) is 10.5 Å². The first-order chi connectivity index (χ1) is 13.1. The number of amides is 2. The first-order valence-electron chi connectivity index (χ1n) is 8.52. The topological polar surface area (TPSA) is 79.8 Å². The Morgan fingerprint density at radius 1 is 1.22 bits per heavy atom. The van der Waals surface area contributed by atoms with Gasteiger partial charge in [-0.3, -0.25) is 15.1 Å². The fraction of sp³-hybridized carbons (Fsp3) is 0.250. The number of thioether (sulfide) groups is 1. The van der Waals surface area contributed by atoms with Gasteiger partial charge in [-0.05, 0) is 24.3 Å². The number of benzodiazepines with no additional fused rings is 1. The highest BCUT2D eigenvalue weighted by Gasteiger charge is 2.27. The summed E-state index contributed by atoms with van der Waals surface area (Å²) in [5, 5.41) is 5.43. The molecule has 2 amide bonds. The Morgan fingerprint density at radius 2 is 2.00 bits per heavy atom. The molecule has 27 heavy (non-hydrogen) atoms. The van der Waals surface area contributed by atoms with E-state index in [9.17, 15) is 9.59 Å². The predicted octanol–water partition coefficient (Wildman–Crippen LogP) is 3.35. The van der Waals surface area contributed by atoms with E-state index in [1.165, 1.54) is 0 Å². The van der Waals surface area contributed by atoms with Crippen molar-refractivity contribution in [3.05, 3.63) is 65.2 Å². The first kappa shape index (κ1) is 19.0. The average molecular weight is 383 g/mol. The highest BCUT2D eigenvalue weighted by Crippen LogP contribution is 2.25. The van der Waals surface area contributed by atoms with E-state index in [2.05, 4.69) is 15.6 Å². The van der Waals surface area contributed by atoms with Crippen LogP contribution in [0.2, 0.25) is 0 Å². The summed E-state index contributed by atoms with van der Waals surface area (Å²) >= 11 is 1.60. The fourth-order valence-electron chi connectivity index (χ4n) is 2.78. The largest absolute Gasteiger partial charge is 0.445 e. The molecule has 0 aromatic heterocycles. The Bertz CT molecular complexity index is 868. The lowest BCUT2D eigenvalue weighted by atomic mass is 10.0. The standard InChI is InChI=1S/C20H21N3O3S/c1-13-7-6-10-15-16(12-27-2)21-18(19(24)22-17(13)15)23-20(25)26-11-14-8-4-3-5-9-14/h3-10,18H,11-12H2,1-2H3,(H,22,24)(H,23,25)/t18-/m1/s1. The smallest absolute Gasteiger partial charge is 0.409 e. The molecule has 0 bridgehead atoms. The highest BCUT2D eigenvalue weighted by atomic mass is 32.2. The van der Waals surface area contributed by atoms with E-state index >= 15 is 0 Å². The number of ether oxygens (including phenoxy) is 1. The van der Waals surface area contributed by atoms with Gasteiger partial charge < -0.3 is 10.1 Å². The van der Waals surface area contributed by atoms with E-state index in [1.54, 1.807) is 11.8 Å².